The van der Waals surface area contributed by atoms with E-state index in [0.717, 1.165) is 17.8 Å². The summed E-state index contributed by atoms with van der Waals surface area (Å²) in [4.78, 5) is 0. The van der Waals surface area contributed by atoms with E-state index in [-0.39, 0.29) is 0 Å². The van der Waals surface area contributed by atoms with Crippen molar-refractivity contribution >= 4 is 0 Å². The number of aryl methyl sites for hydroxylation is 1. The fourth-order valence-electron chi connectivity index (χ4n) is 4.90. The van der Waals surface area contributed by atoms with Crippen molar-refractivity contribution < 1.29 is 0 Å². The Balaban J connectivity index is 1.76. The molecular formula is C25H42. The molecule has 0 N–H and O–H groups in total. The Kier molecular flexibility index (Phi) is 10.3. The average molecular weight is 343 g/mol. The maximum Gasteiger partial charge on any atom is -0.0279 e. The molecule has 0 amide bonds. The fourth-order valence-corrected chi connectivity index (χ4v) is 4.90. The molecule has 0 spiro atoms. The number of hydrogen-bond acceptors (Lipinski definition) is 0. The zero-order valence-electron chi connectivity index (χ0n) is 17.0. The molecule has 2 unspecified atom stereocenters. The summed E-state index contributed by atoms with van der Waals surface area (Å²) in [6.45, 7) is 4.88. The first-order chi connectivity index (χ1) is 12.3. The quantitative estimate of drug-likeness (QED) is 0.336. The molecule has 0 heteroatoms. The van der Waals surface area contributed by atoms with Gasteiger partial charge in [0.2, 0.25) is 0 Å². The van der Waals surface area contributed by atoms with E-state index in [1.54, 1.807) is 0 Å². The van der Waals surface area contributed by atoms with Crippen LogP contribution in [0.3, 0.4) is 0 Å². The minimum atomic E-state index is 0.952. The van der Waals surface area contributed by atoms with Gasteiger partial charge in [-0.1, -0.05) is 115 Å². The number of benzene rings is 1. The van der Waals surface area contributed by atoms with E-state index in [4.69, 9.17) is 0 Å². The summed E-state index contributed by atoms with van der Waals surface area (Å²) < 4.78 is 0. The largest absolute Gasteiger partial charge is 0.0654 e. The molecule has 0 aromatic heterocycles. The molecule has 1 saturated carbocycles. The van der Waals surface area contributed by atoms with Gasteiger partial charge in [0.05, 0.1) is 0 Å². The van der Waals surface area contributed by atoms with Crippen LogP contribution in [0.5, 0.6) is 0 Å². The Labute approximate surface area is 157 Å². The average Bonchev–Trinajstić information content (AvgIpc) is 2.66. The van der Waals surface area contributed by atoms with Gasteiger partial charge in [0.25, 0.3) is 0 Å². The van der Waals surface area contributed by atoms with Gasteiger partial charge in [-0.3, -0.25) is 0 Å². The van der Waals surface area contributed by atoms with E-state index in [2.05, 4.69) is 44.2 Å². The first kappa shape index (κ1) is 20.5. The van der Waals surface area contributed by atoms with Gasteiger partial charge >= 0.3 is 0 Å². The minimum absolute atomic E-state index is 0.952. The van der Waals surface area contributed by atoms with Crippen LogP contribution in [0.15, 0.2) is 30.3 Å². The van der Waals surface area contributed by atoms with E-state index in [0.29, 0.717) is 0 Å². The number of hydrogen-bond donors (Lipinski definition) is 0. The maximum atomic E-state index is 2.56. The summed E-state index contributed by atoms with van der Waals surface area (Å²) in [6, 6.07) is 11.1. The van der Waals surface area contributed by atoms with Crippen LogP contribution in [0.1, 0.15) is 103 Å². The van der Waals surface area contributed by atoms with Crippen molar-refractivity contribution in [2.75, 3.05) is 0 Å². The van der Waals surface area contributed by atoms with E-state index in [1.165, 1.54) is 95.5 Å². The predicted octanol–water partition coefficient (Wildman–Crippen LogP) is 8.20. The Morgan fingerprint density at radius 3 is 2.32 bits per heavy atom. The lowest BCUT2D eigenvalue weighted by Crippen LogP contribution is -2.18. The molecule has 0 radical (unpaired) electrons. The van der Waals surface area contributed by atoms with Crippen molar-refractivity contribution in [2.24, 2.45) is 17.8 Å². The van der Waals surface area contributed by atoms with Gasteiger partial charge in [-0.25, -0.2) is 0 Å². The number of unbranched alkanes of at least 4 members (excludes halogenated alkanes) is 3. The highest BCUT2D eigenvalue weighted by atomic mass is 14.3. The van der Waals surface area contributed by atoms with Gasteiger partial charge in [-0.15, -0.1) is 0 Å². The van der Waals surface area contributed by atoms with Crippen molar-refractivity contribution in [2.45, 2.75) is 104 Å². The molecular weight excluding hydrogens is 300 g/mol. The third kappa shape index (κ3) is 8.43. The zero-order valence-corrected chi connectivity index (χ0v) is 17.0. The second-order valence-corrected chi connectivity index (χ2v) is 8.70. The van der Waals surface area contributed by atoms with Gasteiger partial charge in [0.15, 0.2) is 0 Å². The molecule has 142 valence electrons. The molecule has 2 rings (SSSR count). The molecule has 0 saturated heterocycles. The molecule has 1 aliphatic rings. The van der Waals surface area contributed by atoms with Crippen LogP contribution in [0.25, 0.3) is 0 Å². The topological polar surface area (TPSA) is 0 Å². The second-order valence-electron chi connectivity index (χ2n) is 8.70. The lowest BCUT2D eigenvalue weighted by Gasteiger charge is -2.30. The Morgan fingerprint density at radius 2 is 1.60 bits per heavy atom. The fraction of sp³-hybridized carbons (Fsp3) is 0.760. The highest BCUT2D eigenvalue weighted by molar-refractivity contribution is 5.14. The van der Waals surface area contributed by atoms with Crippen molar-refractivity contribution in [3.63, 3.8) is 0 Å². The monoisotopic (exact) mass is 342 g/mol. The van der Waals surface area contributed by atoms with Gasteiger partial charge < -0.3 is 0 Å². The van der Waals surface area contributed by atoms with Crippen molar-refractivity contribution in [3.8, 4) is 0 Å². The van der Waals surface area contributed by atoms with Crippen molar-refractivity contribution in [1.29, 1.82) is 0 Å². The summed E-state index contributed by atoms with van der Waals surface area (Å²) in [6.07, 6.45) is 20.2. The van der Waals surface area contributed by atoms with E-state index >= 15 is 0 Å². The molecule has 0 aliphatic heterocycles. The molecule has 0 heterocycles. The Hall–Kier alpha value is -0.780. The predicted molar refractivity (Wildman–Crippen MR) is 112 cm³/mol. The lowest BCUT2D eigenvalue weighted by atomic mass is 9.75. The maximum absolute atomic E-state index is 2.56. The lowest BCUT2D eigenvalue weighted by molar-refractivity contribution is 0.213. The third-order valence-corrected chi connectivity index (χ3v) is 6.55. The van der Waals surface area contributed by atoms with Crippen LogP contribution in [0.4, 0.5) is 0 Å². The summed E-state index contributed by atoms with van der Waals surface area (Å²) in [5, 5.41) is 0. The Morgan fingerprint density at radius 1 is 0.880 bits per heavy atom. The van der Waals surface area contributed by atoms with E-state index in [1.807, 2.05) is 0 Å². The zero-order chi connectivity index (χ0) is 17.7. The first-order valence-corrected chi connectivity index (χ1v) is 11.3. The van der Waals surface area contributed by atoms with Gasteiger partial charge in [-0.05, 0) is 42.6 Å². The van der Waals surface area contributed by atoms with Crippen LogP contribution in [0.2, 0.25) is 0 Å². The van der Waals surface area contributed by atoms with Gasteiger partial charge in [-0.2, -0.15) is 0 Å². The molecule has 2 atom stereocenters. The highest BCUT2D eigenvalue weighted by Crippen LogP contribution is 2.35. The first-order valence-electron chi connectivity index (χ1n) is 11.3. The Bertz CT molecular complexity index is 415. The van der Waals surface area contributed by atoms with Crippen LogP contribution < -0.4 is 0 Å². The highest BCUT2D eigenvalue weighted by Gasteiger charge is 2.22. The SMILES string of the molecule is CCCCCCC(CCCc1ccccc1)CC(C)C1CCCCC1. The van der Waals surface area contributed by atoms with Crippen LogP contribution >= 0.6 is 0 Å². The van der Waals surface area contributed by atoms with Crippen LogP contribution in [0, 0.1) is 17.8 Å². The molecule has 0 bridgehead atoms. The third-order valence-electron chi connectivity index (χ3n) is 6.55. The van der Waals surface area contributed by atoms with Crippen molar-refractivity contribution in [3.05, 3.63) is 35.9 Å². The number of rotatable bonds is 12. The summed E-state index contributed by atoms with van der Waals surface area (Å²) in [5.74, 6) is 2.95. The minimum Gasteiger partial charge on any atom is -0.0654 e. The summed E-state index contributed by atoms with van der Waals surface area (Å²) in [5.41, 5.74) is 1.52. The molecule has 1 aliphatic carbocycles. The summed E-state index contributed by atoms with van der Waals surface area (Å²) in [7, 11) is 0. The second kappa shape index (κ2) is 12.6. The molecule has 0 nitrogen and oxygen atoms in total. The van der Waals surface area contributed by atoms with Gasteiger partial charge in [0, 0.05) is 0 Å². The van der Waals surface area contributed by atoms with Crippen molar-refractivity contribution in [1.82, 2.24) is 0 Å². The molecule has 1 aromatic carbocycles. The standard InChI is InChI=1S/C25H42/c1-3-4-5-8-16-24(18-13-17-23-14-9-6-10-15-23)21-22(2)25-19-11-7-12-20-25/h6,9-10,14-15,22,24-25H,3-5,7-8,11-13,16-21H2,1-2H3. The van der Waals surface area contributed by atoms with E-state index < -0.39 is 0 Å². The smallest absolute Gasteiger partial charge is 0.0279 e. The molecule has 1 fully saturated rings. The van der Waals surface area contributed by atoms with Crippen LogP contribution in [-0.2, 0) is 6.42 Å². The molecule has 25 heavy (non-hydrogen) atoms. The van der Waals surface area contributed by atoms with E-state index in [9.17, 15) is 0 Å². The normalized spacial score (nSPS) is 18.2. The van der Waals surface area contributed by atoms with Crippen LogP contribution in [-0.4, -0.2) is 0 Å². The van der Waals surface area contributed by atoms with Gasteiger partial charge in [0.1, 0.15) is 0 Å². The summed E-state index contributed by atoms with van der Waals surface area (Å²) >= 11 is 0. The molecule has 1 aromatic rings.